The molecule has 0 saturated carbocycles. The van der Waals surface area contributed by atoms with Crippen LogP contribution in [-0.2, 0) is 14.4 Å². The second-order valence-corrected chi connectivity index (χ2v) is 9.24. The molecular weight excluding hydrogens is 478 g/mol. The van der Waals surface area contributed by atoms with E-state index in [0.717, 1.165) is 30.1 Å². The van der Waals surface area contributed by atoms with Crippen molar-refractivity contribution in [2.45, 2.75) is 25.9 Å². The lowest BCUT2D eigenvalue weighted by atomic mass is 10.1. The molecule has 0 unspecified atom stereocenters. The maximum Gasteiger partial charge on any atom is 0.414 e. The number of likely N-dealkylation sites (N-methyl/N-ethyl adjacent to an activating group) is 1. The quantitative estimate of drug-likeness (QED) is 0.616. The fourth-order valence-electron chi connectivity index (χ4n) is 4.40. The van der Waals surface area contributed by atoms with Crippen LogP contribution in [0.4, 0.5) is 29.7 Å². The van der Waals surface area contributed by atoms with Gasteiger partial charge in [-0.15, -0.1) is 0 Å². The minimum absolute atomic E-state index is 0.0252. The number of carbonyl (C=O) groups excluding carboxylic acids is 3. The van der Waals surface area contributed by atoms with Gasteiger partial charge in [-0.05, 0) is 20.4 Å². The minimum atomic E-state index is -0.833. The smallest absolute Gasteiger partial charge is 0.414 e. The average molecular weight is 511 g/mol. The molecule has 1 aromatic rings. The van der Waals surface area contributed by atoms with E-state index in [1.807, 2.05) is 12.1 Å². The van der Waals surface area contributed by atoms with Crippen LogP contribution in [0.3, 0.4) is 0 Å². The maximum absolute atomic E-state index is 15.1. The summed E-state index contributed by atoms with van der Waals surface area (Å²) in [6.07, 6.45) is -0.611. The second kappa shape index (κ2) is 11.4. The highest BCUT2D eigenvalue weighted by molar-refractivity contribution is 5.90. The largest absolute Gasteiger partial charge is 0.444 e. The zero-order valence-electron chi connectivity index (χ0n) is 20.5. The van der Waals surface area contributed by atoms with E-state index in [1.54, 1.807) is 0 Å². The number of piperazine rings is 1. The Morgan fingerprint density at radius 3 is 2.42 bits per heavy atom. The molecule has 1 aromatic carbocycles. The number of benzene rings is 1. The molecule has 3 fully saturated rings. The molecular formula is C23H32F2N6O5. The van der Waals surface area contributed by atoms with Gasteiger partial charge in [-0.1, -0.05) is 0 Å². The summed E-state index contributed by atoms with van der Waals surface area (Å²) in [5.41, 5.74) is 2.61. The third-order valence-electron chi connectivity index (χ3n) is 6.49. The molecule has 0 radical (unpaired) electrons. The Morgan fingerprint density at radius 1 is 1.06 bits per heavy atom. The van der Waals surface area contributed by atoms with Crippen molar-refractivity contribution in [1.29, 1.82) is 0 Å². The lowest BCUT2D eigenvalue weighted by Gasteiger charge is -2.33. The van der Waals surface area contributed by atoms with Gasteiger partial charge < -0.3 is 19.3 Å². The average Bonchev–Trinajstić information content (AvgIpc) is 3.03. The van der Waals surface area contributed by atoms with Crippen LogP contribution in [0.15, 0.2) is 12.1 Å². The molecule has 3 aliphatic rings. The molecule has 3 heterocycles. The van der Waals surface area contributed by atoms with Crippen LogP contribution < -0.4 is 15.2 Å². The summed E-state index contributed by atoms with van der Waals surface area (Å²) in [4.78, 5) is 46.4. The predicted molar refractivity (Wildman–Crippen MR) is 126 cm³/mol. The topological polar surface area (TPSA) is 97.9 Å². The van der Waals surface area contributed by atoms with Crippen LogP contribution in [0.25, 0.3) is 0 Å². The highest BCUT2D eigenvalue weighted by Gasteiger charge is 2.34. The number of ether oxygens (including phenoxy) is 1. The molecule has 36 heavy (non-hydrogen) atoms. The molecule has 0 aromatic heterocycles. The number of halogens is 2. The third kappa shape index (κ3) is 6.20. The summed E-state index contributed by atoms with van der Waals surface area (Å²) < 4.78 is 35.4. The van der Waals surface area contributed by atoms with Gasteiger partial charge in [-0.3, -0.25) is 15.2 Å². The number of rotatable bonds is 6. The van der Waals surface area contributed by atoms with Crippen molar-refractivity contribution in [3.8, 4) is 0 Å². The van der Waals surface area contributed by atoms with Gasteiger partial charge in [0.15, 0.2) is 11.6 Å². The number of Topliss-reactive ketones (excluding diaryl/α,β-unsaturated/α-hetero) is 1. The SMILES string of the molecule is CC(=O)CC[C@H]1CN(c2cc(F)c(N3CCON(C(=O)NN4CCN(C)CC4)CC3)c(F)c2)C(=O)O1. The first-order valence-electron chi connectivity index (χ1n) is 12.1. The number of hydrogen-bond donors (Lipinski definition) is 1. The lowest BCUT2D eigenvalue weighted by molar-refractivity contribution is -0.117. The normalized spacial score (nSPS) is 21.9. The van der Waals surface area contributed by atoms with Crippen molar-refractivity contribution < 1.29 is 32.7 Å². The molecule has 1 atom stereocenters. The Morgan fingerprint density at radius 2 is 1.75 bits per heavy atom. The van der Waals surface area contributed by atoms with Crippen molar-refractivity contribution >= 4 is 29.3 Å². The second-order valence-electron chi connectivity index (χ2n) is 9.24. The van der Waals surface area contributed by atoms with Gasteiger partial charge in [-0.2, -0.15) is 0 Å². The van der Waals surface area contributed by atoms with Crippen LogP contribution in [0.1, 0.15) is 19.8 Å². The number of hydrogen-bond acceptors (Lipinski definition) is 8. The van der Waals surface area contributed by atoms with Gasteiger partial charge in [0.25, 0.3) is 0 Å². The number of nitrogens with zero attached hydrogens (tertiary/aromatic N) is 5. The van der Waals surface area contributed by atoms with E-state index >= 15 is 8.78 Å². The number of cyclic esters (lactones) is 1. The van der Waals surface area contributed by atoms with Gasteiger partial charge >= 0.3 is 12.1 Å². The molecule has 3 saturated heterocycles. The van der Waals surface area contributed by atoms with Crippen molar-refractivity contribution in [3.05, 3.63) is 23.8 Å². The Hall–Kier alpha value is -3.03. The number of hydrazine groups is 1. The molecule has 13 heteroatoms. The van der Waals surface area contributed by atoms with Crippen LogP contribution in [0, 0.1) is 11.6 Å². The molecule has 3 amide bonds. The summed E-state index contributed by atoms with van der Waals surface area (Å²) in [7, 11) is 2.01. The first-order valence-corrected chi connectivity index (χ1v) is 12.1. The maximum atomic E-state index is 15.1. The number of carbonyl (C=O) groups is 3. The minimum Gasteiger partial charge on any atom is -0.444 e. The summed E-state index contributed by atoms with van der Waals surface area (Å²) >= 11 is 0. The molecule has 0 bridgehead atoms. The number of urea groups is 1. The number of nitrogens with one attached hydrogen (secondary N) is 1. The highest BCUT2D eigenvalue weighted by Crippen LogP contribution is 2.32. The molecule has 1 N–H and O–H groups in total. The van der Waals surface area contributed by atoms with E-state index in [9.17, 15) is 14.4 Å². The Kier molecular flexibility index (Phi) is 8.21. The van der Waals surface area contributed by atoms with Crippen molar-refractivity contribution in [2.24, 2.45) is 0 Å². The van der Waals surface area contributed by atoms with E-state index in [1.165, 1.54) is 16.9 Å². The van der Waals surface area contributed by atoms with Crippen molar-refractivity contribution in [2.75, 3.05) is 75.8 Å². The number of hydroxylamine groups is 2. The monoisotopic (exact) mass is 510 g/mol. The van der Waals surface area contributed by atoms with E-state index in [4.69, 9.17) is 9.57 Å². The summed E-state index contributed by atoms with van der Waals surface area (Å²) in [5, 5.41) is 2.99. The van der Waals surface area contributed by atoms with Crippen molar-refractivity contribution in [1.82, 2.24) is 20.4 Å². The zero-order valence-corrected chi connectivity index (χ0v) is 20.5. The van der Waals surface area contributed by atoms with E-state index < -0.39 is 29.9 Å². The van der Waals surface area contributed by atoms with Gasteiger partial charge in [0.2, 0.25) is 0 Å². The van der Waals surface area contributed by atoms with Gasteiger partial charge in [-0.25, -0.2) is 28.4 Å². The standard InChI is InChI=1S/C23H32F2N6O5/c1-16(32)3-4-18-15-30(23(34)36-18)17-13-19(24)21(20(25)14-17)28-7-10-31(35-12-11-28)22(33)26-29-8-5-27(2)6-9-29/h13-14,18H,3-12,15H2,1-2H3,(H,26,33)/t18-/m0/s1. The van der Waals surface area contributed by atoms with E-state index in [0.29, 0.717) is 19.5 Å². The van der Waals surface area contributed by atoms with Crippen LogP contribution >= 0.6 is 0 Å². The van der Waals surface area contributed by atoms with Gasteiger partial charge in [0, 0.05) is 57.8 Å². The lowest BCUT2D eigenvalue weighted by Crippen LogP contribution is -2.55. The summed E-state index contributed by atoms with van der Waals surface area (Å²) in [6, 6.07) is 1.76. The molecule has 198 valence electrons. The Labute approximate surface area is 208 Å². The predicted octanol–water partition coefficient (Wildman–Crippen LogP) is 1.58. The number of ketones is 1. The highest BCUT2D eigenvalue weighted by atomic mass is 19.1. The van der Waals surface area contributed by atoms with Crippen LogP contribution in [0.5, 0.6) is 0 Å². The van der Waals surface area contributed by atoms with Crippen molar-refractivity contribution in [3.63, 3.8) is 0 Å². The zero-order chi connectivity index (χ0) is 25.8. The molecule has 0 aliphatic carbocycles. The van der Waals surface area contributed by atoms with Crippen LogP contribution in [-0.4, -0.2) is 105 Å². The fraction of sp³-hybridized carbons (Fsp3) is 0.609. The van der Waals surface area contributed by atoms with Gasteiger partial charge in [0.05, 0.1) is 25.4 Å². The fourth-order valence-corrected chi connectivity index (χ4v) is 4.40. The summed E-state index contributed by atoms with van der Waals surface area (Å²) in [6.45, 7) is 5.09. The Bertz CT molecular complexity index is 967. The van der Waals surface area contributed by atoms with E-state index in [2.05, 4.69) is 10.3 Å². The molecule has 3 aliphatic heterocycles. The number of amides is 3. The molecule has 4 rings (SSSR count). The van der Waals surface area contributed by atoms with Gasteiger partial charge in [0.1, 0.15) is 17.6 Å². The summed E-state index contributed by atoms with van der Waals surface area (Å²) in [5.74, 6) is -1.69. The molecule has 11 nitrogen and oxygen atoms in total. The van der Waals surface area contributed by atoms with E-state index in [-0.39, 0.29) is 56.4 Å². The Balaban J connectivity index is 1.37. The third-order valence-corrected chi connectivity index (χ3v) is 6.49. The van der Waals surface area contributed by atoms with Crippen LogP contribution in [0.2, 0.25) is 0 Å². The first-order chi connectivity index (χ1) is 17.2. The first kappa shape index (κ1) is 26.0. The number of anilines is 2. The molecule has 0 spiro atoms.